The average molecular weight is 245 g/mol. The zero-order valence-corrected chi connectivity index (χ0v) is 9.52. The summed E-state index contributed by atoms with van der Waals surface area (Å²) in [6.45, 7) is 4.02. The highest BCUT2D eigenvalue weighted by atomic mass is 35.5. The molecule has 4 heteroatoms. The van der Waals surface area contributed by atoms with E-state index >= 15 is 0 Å². The number of halogens is 2. The summed E-state index contributed by atoms with van der Waals surface area (Å²) in [7, 11) is 0. The normalized spacial score (nSPS) is 9.73. The lowest BCUT2D eigenvalue weighted by Gasteiger charge is -2.08. The van der Waals surface area contributed by atoms with Crippen LogP contribution in [0.4, 0.5) is 0 Å². The summed E-state index contributed by atoms with van der Waals surface area (Å²) < 4.78 is 5.36. The minimum atomic E-state index is 0.323. The van der Waals surface area contributed by atoms with Gasteiger partial charge in [0.15, 0.2) is 0 Å². The molecular weight excluding hydrogens is 235 g/mol. The maximum absolute atomic E-state index is 10.5. The van der Waals surface area contributed by atoms with Crippen LogP contribution in [0.5, 0.6) is 5.75 Å². The van der Waals surface area contributed by atoms with Crippen LogP contribution in [0.25, 0.3) is 0 Å². The fourth-order valence-electron chi connectivity index (χ4n) is 0.926. The van der Waals surface area contributed by atoms with Crippen LogP contribution in [0.2, 0.25) is 5.02 Å². The van der Waals surface area contributed by atoms with Crippen LogP contribution in [0.3, 0.4) is 0 Å². The van der Waals surface area contributed by atoms with Gasteiger partial charge >= 0.3 is 0 Å². The van der Waals surface area contributed by atoms with E-state index in [-0.39, 0.29) is 0 Å². The number of carbonyl (C=O) groups excluding carboxylic acids is 1. The van der Waals surface area contributed by atoms with E-state index in [1.54, 1.807) is 18.2 Å². The first-order valence-electron chi connectivity index (χ1n) is 4.27. The van der Waals surface area contributed by atoms with Crippen LogP contribution < -0.4 is 4.74 Å². The Morgan fingerprint density at radius 2 is 2.27 bits per heavy atom. The number of rotatable bonds is 5. The summed E-state index contributed by atoms with van der Waals surface area (Å²) in [5.41, 5.74) is 1.29. The molecule has 0 aliphatic heterocycles. The van der Waals surface area contributed by atoms with Crippen LogP contribution in [-0.4, -0.2) is 18.8 Å². The van der Waals surface area contributed by atoms with Crippen molar-refractivity contribution in [1.29, 1.82) is 0 Å². The minimum absolute atomic E-state index is 0.323. The zero-order chi connectivity index (χ0) is 11.3. The highest BCUT2D eigenvalue weighted by molar-refractivity contribution is 6.32. The van der Waals surface area contributed by atoms with Crippen LogP contribution >= 0.6 is 23.2 Å². The summed E-state index contributed by atoms with van der Waals surface area (Å²) in [6.07, 6.45) is 0.730. The molecule has 0 saturated carbocycles. The topological polar surface area (TPSA) is 26.3 Å². The maximum Gasteiger partial charge on any atom is 0.150 e. The molecule has 0 fully saturated rings. The molecular formula is C11H10Cl2O2. The number of carbonyl (C=O) groups is 1. The van der Waals surface area contributed by atoms with Crippen molar-refractivity contribution in [3.8, 4) is 5.75 Å². The van der Waals surface area contributed by atoms with Crippen LogP contribution in [-0.2, 0) is 0 Å². The molecule has 0 heterocycles. The summed E-state index contributed by atoms with van der Waals surface area (Å²) in [6, 6.07) is 4.83. The van der Waals surface area contributed by atoms with Gasteiger partial charge in [0, 0.05) is 11.4 Å². The monoisotopic (exact) mass is 244 g/mol. The standard InChI is InChI=1S/C11H10Cl2O2/c1-8(5-12)7-15-11-3-2-9(6-14)4-10(11)13/h2-4,6H,1,5,7H2. The quantitative estimate of drug-likeness (QED) is 0.452. The number of hydrogen-bond donors (Lipinski definition) is 0. The maximum atomic E-state index is 10.5. The lowest BCUT2D eigenvalue weighted by molar-refractivity contribution is 0.112. The number of ether oxygens (including phenoxy) is 1. The van der Waals surface area contributed by atoms with Gasteiger partial charge in [0.2, 0.25) is 0 Å². The third-order valence-electron chi connectivity index (χ3n) is 1.71. The molecule has 0 bridgehead atoms. The first kappa shape index (κ1) is 12.1. The smallest absolute Gasteiger partial charge is 0.150 e. The second-order valence-corrected chi connectivity index (χ2v) is 3.65. The van der Waals surface area contributed by atoms with Gasteiger partial charge in [0.05, 0.1) is 5.02 Å². The first-order chi connectivity index (χ1) is 7.17. The molecule has 0 saturated heterocycles. The SMILES string of the molecule is C=C(CCl)COc1ccc(C=O)cc1Cl. The minimum Gasteiger partial charge on any atom is -0.488 e. The van der Waals surface area contributed by atoms with Crippen molar-refractivity contribution in [2.75, 3.05) is 12.5 Å². The third-order valence-corrected chi connectivity index (χ3v) is 2.39. The molecule has 1 aromatic rings. The molecule has 2 nitrogen and oxygen atoms in total. The van der Waals surface area contributed by atoms with Crippen molar-refractivity contribution in [3.05, 3.63) is 40.9 Å². The van der Waals surface area contributed by atoms with Gasteiger partial charge in [-0.15, -0.1) is 11.6 Å². The molecule has 0 radical (unpaired) electrons. The van der Waals surface area contributed by atoms with Gasteiger partial charge in [-0.3, -0.25) is 4.79 Å². The number of alkyl halides is 1. The van der Waals surface area contributed by atoms with Crippen LogP contribution in [0.15, 0.2) is 30.4 Å². The Bertz CT molecular complexity index is 375. The van der Waals surface area contributed by atoms with Gasteiger partial charge in [-0.2, -0.15) is 0 Å². The summed E-state index contributed by atoms with van der Waals surface area (Å²) in [5, 5.41) is 0.405. The summed E-state index contributed by atoms with van der Waals surface area (Å²) in [5.74, 6) is 0.873. The second kappa shape index (κ2) is 5.79. The van der Waals surface area contributed by atoms with E-state index in [4.69, 9.17) is 27.9 Å². The highest BCUT2D eigenvalue weighted by Crippen LogP contribution is 2.25. The van der Waals surface area contributed by atoms with E-state index < -0.39 is 0 Å². The Kier molecular flexibility index (Phi) is 4.66. The molecule has 0 atom stereocenters. The summed E-state index contributed by atoms with van der Waals surface area (Å²) in [4.78, 5) is 10.5. The Morgan fingerprint density at radius 3 is 2.80 bits per heavy atom. The molecule has 0 aliphatic carbocycles. The molecule has 1 aromatic carbocycles. The van der Waals surface area contributed by atoms with E-state index in [1.807, 2.05) is 0 Å². The zero-order valence-electron chi connectivity index (χ0n) is 8.00. The summed E-state index contributed by atoms with van der Waals surface area (Å²) >= 11 is 11.4. The number of hydrogen-bond acceptors (Lipinski definition) is 2. The molecule has 0 N–H and O–H groups in total. The van der Waals surface area contributed by atoms with Gasteiger partial charge in [-0.1, -0.05) is 18.2 Å². The van der Waals surface area contributed by atoms with Crippen molar-refractivity contribution >= 4 is 29.5 Å². The Balaban J connectivity index is 2.70. The van der Waals surface area contributed by atoms with Crippen molar-refractivity contribution in [2.24, 2.45) is 0 Å². The van der Waals surface area contributed by atoms with Crippen molar-refractivity contribution < 1.29 is 9.53 Å². The van der Waals surface area contributed by atoms with Gasteiger partial charge in [-0.25, -0.2) is 0 Å². The van der Waals surface area contributed by atoms with E-state index in [0.717, 1.165) is 11.9 Å². The Hall–Kier alpha value is -0.990. The lowest BCUT2D eigenvalue weighted by atomic mass is 10.2. The molecule has 0 unspecified atom stereocenters. The van der Waals surface area contributed by atoms with Crippen LogP contribution in [0.1, 0.15) is 10.4 Å². The van der Waals surface area contributed by atoms with E-state index in [9.17, 15) is 4.79 Å². The van der Waals surface area contributed by atoms with Gasteiger partial charge in [0.25, 0.3) is 0 Å². The first-order valence-corrected chi connectivity index (χ1v) is 5.18. The Labute approximate surface area is 98.4 Å². The average Bonchev–Trinajstić information content (AvgIpc) is 2.26. The molecule has 0 amide bonds. The van der Waals surface area contributed by atoms with Crippen molar-refractivity contribution in [1.82, 2.24) is 0 Å². The van der Waals surface area contributed by atoms with Gasteiger partial charge in [0.1, 0.15) is 18.6 Å². The molecule has 0 aromatic heterocycles. The Morgan fingerprint density at radius 1 is 1.53 bits per heavy atom. The fraction of sp³-hybridized carbons (Fsp3) is 0.182. The molecule has 0 aliphatic rings. The van der Waals surface area contributed by atoms with E-state index in [2.05, 4.69) is 6.58 Å². The fourth-order valence-corrected chi connectivity index (χ4v) is 1.25. The largest absolute Gasteiger partial charge is 0.488 e. The van der Waals surface area contributed by atoms with Gasteiger partial charge in [-0.05, 0) is 23.8 Å². The number of benzene rings is 1. The highest BCUT2D eigenvalue weighted by Gasteiger charge is 2.03. The molecule has 15 heavy (non-hydrogen) atoms. The van der Waals surface area contributed by atoms with E-state index in [1.165, 1.54) is 0 Å². The molecule has 1 rings (SSSR count). The molecule has 0 spiro atoms. The predicted molar refractivity (Wildman–Crippen MR) is 62.2 cm³/mol. The van der Waals surface area contributed by atoms with E-state index in [0.29, 0.717) is 28.8 Å². The third kappa shape index (κ3) is 3.57. The van der Waals surface area contributed by atoms with Gasteiger partial charge < -0.3 is 4.74 Å². The molecule has 80 valence electrons. The number of aldehydes is 1. The predicted octanol–water partition coefficient (Wildman–Crippen LogP) is 3.33. The van der Waals surface area contributed by atoms with Crippen LogP contribution in [0, 0.1) is 0 Å². The lowest BCUT2D eigenvalue weighted by Crippen LogP contribution is -2.01. The van der Waals surface area contributed by atoms with Crippen molar-refractivity contribution in [3.63, 3.8) is 0 Å². The second-order valence-electron chi connectivity index (χ2n) is 2.98. The van der Waals surface area contributed by atoms with Crippen molar-refractivity contribution in [2.45, 2.75) is 0 Å².